The fourth-order valence-corrected chi connectivity index (χ4v) is 4.15. The number of ether oxygens (including phenoxy) is 2. The van der Waals surface area contributed by atoms with Gasteiger partial charge in [-0.1, -0.05) is 0 Å². The van der Waals surface area contributed by atoms with Crippen LogP contribution in [0.1, 0.15) is 47.7 Å². The highest BCUT2D eigenvalue weighted by atomic mass is 19.4. The molecule has 0 unspecified atom stereocenters. The van der Waals surface area contributed by atoms with Crippen molar-refractivity contribution in [3.63, 3.8) is 0 Å². The molecule has 1 atom stereocenters. The first-order valence-electron chi connectivity index (χ1n) is 11.7. The van der Waals surface area contributed by atoms with E-state index in [4.69, 9.17) is 19.6 Å². The second-order valence-electron chi connectivity index (χ2n) is 8.84. The van der Waals surface area contributed by atoms with E-state index < -0.39 is 23.8 Å². The van der Waals surface area contributed by atoms with E-state index >= 15 is 0 Å². The summed E-state index contributed by atoms with van der Waals surface area (Å²) in [6.07, 6.45) is -0.504. The first-order valence-corrected chi connectivity index (χ1v) is 11.7. The van der Waals surface area contributed by atoms with Gasteiger partial charge in [0.2, 0.25) is 5.89 Å². The van der Waals surface area contributed by atoms with Gasteiger partial charge in [-0.05, 0) is 37.3 Å². The van der Waals surface area contributed by atoms with Gasteiger partial charge in [0.25, 0.3) is 5.91 Å². The van der Waals surface area contributed by atoms with Crippen molar-refractivity contribution < 1.29 is 31.9 Å². The number of alkyl halides is 3. The average molecular weight is 528 g/mol. The molecule has 1 saturated carbocycles. The number of halogens is 3. The Morgan fingerprint density at radius 3 is 2.55 bits per heavy atom. The van der Waals surface area contributed by atoms with Crippen molar-refractivity contribution in [3.8, 4) is 23.2 Å². The van der Waals surface area contributed by atoms with Gasteiger partial charge >= 0.3 is 12.2 Å². The fraction of sp³-hybridized carbons (Fsp3) is 0.320. The molecular formula is C25H23F3N6O4. The molecule has 198 valence electrons. The highest BCUT2D eigenvalue weighted by molar-refractivity contribution is 5.98. The fourth-order valence-electron chi connectivity index (χ4n) is 4.15. The first kappa shape index (κ1) is 25.4. The van der Waals surface area contributed by atoms with Crippen LogP contribution in [0.2, 0.25) is 0 Å². The molecule has 0 saturated heterocycles. The third-order valence-electron chi connectivity index (χ3n) is 6.09. The lowest BCUT2D eigenvalue weighted by molar-refractivity contribution is -0.140. The number of pyridine rings is 1. The van der Waals surface area contributed by atoms with Gasteiger partial charge in [-0.2, -0.15) is 13.2 Å². The summed E-state index contributed by atoms with van der Waals surface area (Å²) in [6, 6.07) is 6.29. The summed E-state index contributed by atoms with van der Waals surface area (Å²) < 4.78 is 56.6. The molecule has 1 aromatic carbocycles. The second-order valence-corrected chi connectivity index (χ2v) is 8.84. The maximum atomic E-state index is 13.3. The van der Waals surface area contributed by atoms with Gasteiger partial charge in [0.15, 0.2) is 11.5 Å². The number of hydrogen-bond acceptors (Lipinski definition) is 9. The molecule has 0 bridgehead atoms. The van der Waals surface area contributed by atoms with Gasteiger partial charge in [0.1, 0.15) is 23.1 Å². The SMILES string of the molecule is COc1ccc(-c2nc(C(=O)NC3CC(Oc4ncccn4)C3)c([C@H](C)N)o2)c2ccc(C(F)(F)F)nc12. The Bertz CT molecular complexity index is 1470. The molecular weight excluding hydrogens is 505 g/mol. The number of rotatable bonds is 7. The summed E-state index contributed by atoms with van der Waals surface area (Å²) in [7, 11) is 1.33. The average Bonchev–Trinajstić information content (AvgIpc) is 3.32. The largest absolute Gasteiger partial charge is 0.494 e. The lowest BCUT2D eigenvalue weighted by Crippen LogP contribution is -2.49. The normalized spacial score (nSPS) is 18.1. The Labute approximate surface area is 214 Å². The van der Waals surface area contributed by atoms with Crippen LogP contribution in [-0.2, 0) is 6.18 Å². The van der Waals surface area contributed by atoms with Crippen LogP contribution in [0, 0.1) is 0 Å². The quantitative estimate of drug-likeness (QED) is 0.363. The number of nitrogens with zero attached hydrogens (tertiary/aromatic N) is 4. The van der Waals surface area contributed by atoms with E-state index in [0.717, 1.165) is 6.07 Å². The van der Waals surface area contributed by atoms with Crippen molar-refractivity contribution in [3.05, 3.63) is 59.9 Å². The predicted octanol–water partition coefficient (Wildman–Crippen LogP) is 4.07. The van der Waals surface area contributed by atoms with Crippen LogP contribution in [0.25, 0.3) is 22.4 Å². The molecule has 1 amide bonds. The zero-order valence-electron chi connectivity index (χ0n) is 20.3. The van der Waals surface area contributed by atoms with Gasteiger partial charge in [0.05, 0.1) is 13.2 Å². The highest BCUT2D eigenvalue weighted by Crippen LogP contribution is 2.37. The number of nitrogens with two attached hydrogens (primary N) is 1. The second kappa shape index (κ2) is 9.89. The minimum absolute atomic E-state index is 0.00500. The minimum Gasteiger partial charge on any atom is -0.494 e. The maximum Gasteiger partial charge on any atom is 0.433 e. The number of nitrogens with one attached hydrogen (secondary N) is 1. The summed E-state index contributed by atoms with van der Waals surface area (Å²) in [5.41, 5.74) is 5.30. The molecule has 4 aromatic rings. The Balaban J connectivity index is 1.40. The zero-order chi connectivity index (χ0) is 27.0. The van der Waals surface area contributed by atoms with E-state index in [-0.39, 0.29) is 46.8 Å². The number of methoxy groups -OCH3 is 1. The van der Waals surface area contributed by atoms with Crippen molar-refractivity contribution in [2.45, 2.75) is 44.1 Å². The number of hydrogen-bond donors (Lipinski definition) is 2. The Morgan fingerprint density at radius 1 is 1.16 bits per heavy atom. The van der Waals surface area contributed by atoms with Gasteiger partial charge in [0, 0.05) is 42.2 Å². The van der Waals surface area contributed by atoms with Crippen LogP contribution in [0.4, 0.5) is 13.2 Å². The van der Waals surface area contributed by atoms with E-state index in [1.807, 2.05) is 0 Å². The third-order valence-corrected chi connectivity index (χ3v) is 6.09. The molecule has 0 spiro atoms. The maximum absolute atomic E-state index is 13.3. The summed E-state index contributed by atoms with van der Waals surface area (Å²) in [5.74, 6) is -0.171. The van der Waals surface area contributed by atoms with E-state index in [0.29, 0.717) is 23.8 Å². The van der Waals surface area contributed by atoms with E-state index in [9.17, 15) is 18.0 Å². The van der Waals surface area contributed by atoms with Crippen molar-refractivity contribution in [2.75, 3.05) is 7.11 Å². The number of carbonyl (C=O) groups excluding carboxylic acids is 1. The van der Waals surface area contributed by atoms with Crippen molar-refractivity contribution in [1.82, 2.24) is 25.3 Å². The van der Waals surface area contributed by atoms with Crippen LogP contribution in [-0.4, -0.2) is 45.1 Å². The molecule has 1 aliphatic carbocycles. The van der Waals surface area contributed by atoms with E-state index in [1.54, 1.807) is 31.5 Å². The molecule has 3 aromatic heterocycles. The molecule has 38 heavy (non-hydrogen) atoms. The number of amides is 1. The van der Waals surface area contributed by atoms with Gasteiger partial charge in [-0.3, -0.25) is 4.79 Å². The Kier molecular flexibility index (Phi) is 6.61. The van der Waals surface area contributed by atoms with Crippen LogP contribution >= 0.6 is 0 Å². The predicted molar refractivity (Wildman–Crippen MR) is 128 cm³/mol. The van der Waals surface area contributed by atoms with Crippen LogP contribution in [0.15, 0.2) is 47.1 Å². The molecule has 10 nitrogen and oxygen atoms in total. The van der Waals surface area contributed by atoms with Gasteiger partial charge < -0.3 is 24.9 Å². The topological polar surface area (TPSA) is 138 Å². The molecule has 1 aliphatic rings. The van der Waals surface area contributed by atoms with Gasteiger partial charge in [-0.15, -0.1) is 0 Å². The number of fused-ring (bicyclic) bond motifs is 1. The molecule has 3 N–H and O–H groups in total. The first-order chi connectivity index (χ1) is 18.1. The Morgan fingerprint density at radius 2 is 1.89 bits per heavy atom. The monoisotopic (exact) mass is 528 g/mol. The summed E-state index contributed by atoms with van der Waals surface area (Å²) >= 11 is 0. The van der Waals surface area contributed by atoms with Gasteiger partial charge in [-0.25, -0.2) is 19.9 Å². The number of oxazole rings is 1. The van der Waals surface area contributed by atoms with Crippen LogP contribution < -0.4 is 20.5 Å². The third kappa shape index (κ3) is 4.96. The van der Waals surface area contributed by atoms with E-state index in [1.165, 1.54) is 19.2 Å². The summed E-state index contributed by atoms with van der Waals surface area (Å²) in [5, 5.41) is 3.20. The van der Waals surface area contributed by atoms with Crippen LogP contribution in [0.5, 0.6) is 11.8 Å². The molecule has 3 heterocycles. The van der Waals surface area contributed by atoms with Crippen molar-refractivity contribution >= 4 is 16.8 Å². The number of carbonyl (C=O) groups is 1. The van der Waals surface area contributed by atoms with E-state index in [2.05, 4.69) is 25.3 Å². The minimum atomic E-state index is -4.63. The molecule has 5 rings (SSSR count). The Hall–Kier alpha value is -4.26. The lowest BCUT2D eigenvalue weighted by atomic mass is 9.89. The lowest BCUT2D eigenvalue weighted by Gasteiger charge is -2.34. The number of aromatic nitrogens is 4. The van der Waals surface area contributed by atoms with Crippen LogP contribution in [0.3, 0.4) is 0 Å². The van der Waals surface area contributed by atoms with Crippen molar-refractivity contribution in [2.24, 2.45) is 5.73 Å². The molecule has 0 aliphatic heterocycles. The summed E-state index contributed by atoms with van der Waals surface area (Å²) in [4.78, 5) is 29.3. The molecule has 13 heteroatoms. The van der Waals surface area contributed by atoms with Crippen molar-refractivity contribution in [1.29, 1.82) is 0 Å². The standard InChI is InChI=1S/C25H23F3N6O4/c1-12(29)21-20(22(35)32-13-10-14(11-13)37-24-30-8-3-9-31-24)34-23(38-21)16-4-6-17(36-2)19-15(16)5-7-18(33-19)25(26,27)28/h3-9,12-14H,10-11,29H2,1-2H3,(H,32,35)/t12-,13?,14?/m0/s1. The zero-order valence-corrected chi connectivity index (χ0v) is 20.3. The highest BCUT2D eigenvalue weighted by Gasteiger charge is 2.35. The number of benzene rings is 1. The molecule has 0 radical (unpaired) electrons. The summed E-state index contributed by atoms with van der Waals surface area (Å²) in [6.45, 7) is 1.64. The molecule has 1 fully saturated rings. The smallest absolute Gasteiger partial charge is 0.433 e.